The standard InChI is InChI=1S/C15H15N3O4/c1-9(19)17(10(2)20)14-5-6-15(13(7-14)8-16)18(11(3)21)12(4)22/h5-7H,1-4H3. The number of rotatable bonds is 2. The maximum Gasteiger partial charge on any atom is 0.230 e. The van der Waals surface area contributed by atoms with Crippen LogP contribution in [0, 0.1) is 11.3 Å². The lowest BCUT2D eigenvalue weighted by molar-refractivity contribution is -0.125. The lowest BCUT2D eigenvalue weighted by atomic mass is 10.1. The minimum absolute atomic E-state index is 0.00963. The zero-order chi connectivity index (χ0) is 17.0. The SMILES string of the molecule is CC(=O)N(C(C)=O)c1ccc(N(C(C)=O)C(C)=O)c(C#N)c1. The molecule has 22 heavy (non-hydrogen) atoms. The number of nitriles is 1. The number of benzene rings is 1. The minimum atomic E-state index is -0.535. The van der Waals surface area contributed by atoms with Crippen LogP contribution in [0.3, 0.4) is 0 Å². The van der Waals surface area contributed by atoms with Gasteiger partial charge in [0.25, 0.3) is 0 Å². The predicted octanol–water partition coefficient (Wildman–Crippen LogP) is 1.36. The first-order valence-electron chi connectivity index (χ1n) is 6.37. The van der Waals surface area contributed by atoms with Crippen LogP contribution in [0.25, 0.3) is 0 Å². The first kappa shape index (κ1) is 17.0. The van der Waals surface area contributed by atoms with Crippen molar-refractivity contribution in [3.63, 3.8) is 0 Å². The van der Waals surface area contributed by atoms with Gasteiger partial charge in [-0.05, 0) is 18.2 Å². The van der Waals surface area contributed by atoms with Crippen molar-refractivity contribution >= 4 is 35.0 Å². The molecule has 0 atom stereocenters. The molecule has 7 nitrogen and oxygen atoms in total. The Hall–Kier alpha value is -3.01. The molecule has 0 spiro atoms. The third-order valence-corrected chi connectivity index (χ3v) is 2.86. The number of nitrogens with zero attached hydrogens (tertiary/aromatic N) is 3. The lowest BCUT2D eigenvalue weighted by Gasteiger charge is -2.21. The van der Waals surface area contributed by atoms with Gasteiger partial charge in [-0.2, -0.15) is 5.26 Å². The van der Waals surface area contributed by atoms with Crippen LogP contribution in [-0.2, 0) is 19.2 Å². The van der Waals surface area contributed by atoms with Crippen molar-refractivity contribution in [2.24, 2.45) is 0 Å². The zero-order valence-electron chi connectivity index (χ0n) is 12.7. The number of hydrogen-bond donors (Lipinski definition) is 0. The van der Waals surface area contributed by atoms with Crippen molar-refractivity contribution in [3.05, 3.63) is 23.8 Å². The van der Waals surface area contributed by atoms with Crippen molar-refractivity contribution in [3.8, 4) is 6.07 Å². The summed E-state index contributed by atoms with van der Waals surface area (Å²) in [5.74, 6) is -2.07. The van der Waals surface area contributed by atoms with Crippen LogP contribution in [0.1, 0.15) is 33.3 Å². The van der Waals surface area contributed by atoms with Crippen molar-refractivity contribution in [2.45, 2.75) is 27.7 Å². The minimum Gasteiger partial charge on any atom is -0.274 e. The monoisotopic (exact) mass is 301 g/mol. The average Bonchev–Trinajstić information content (AvgIpc) is 2.38. The van der Waals surface area contributed by atoms with Crippen molar-refractivity contribution in [1.29, 1.82) is 5.26 Å². The number of anilines is 2. The fourth-order valence-electron chi connectivity index (χ4n) is 2.09. The van der Waals surface area contributed by atoms with Crippen LogP contribution < -0.4 is 9.80 Å². The second kappa shape index (κ2) is 6.63. The van der Waals surface area contributed by atoms with Gasteiger partial charge in [0.2, 0.25) is 23.6 Å². The molecule has 0 heterocycles. The molecule has 0 saturated heterocycles. The molecule has 0 unspecified atom stereocenters. The van der Waals surface area contributed by atoms with Gasteiger partial charge in [-0.15, -0.1) is 0 Å². The van der Waals surface area contributed by atoms with Crippen LogP contribution >= 0.6 is 0 Å². The number of imide groups is 2. The van der Waals surface area contributed by atoms with Crippen molar-refractivity contribution in [1.82, 2.24) is 0 Å². The second-order valence-electron chi connectivity index (χ2n) is 4.56. The van der Waals surface area contributed by atoms with E-state index in [-0.39, 0.29) is 16.9 Å². The summed E-state index contributed by atoms with van der Waals surface area (Å²) >= 11 is 0. The van der Waals surface area contributed by atoms with E-state index in [9.17, 15) is 24.4 Å². The molecule has 4 amide bonds. The van der Waals surface area contributed by atoms with Gasteiger partial charge in [-0.3, -0.25) is 24.1 Å². The van der Waals surface area contributed by atoms with E-state index in [1.165, 1.54) is 45.9 Å². The quantitative estimate of drug-likeness (QED) is 0.821. The molecular formula is C15H15N3O4. The highest BCUT2D eigenvalue weighted by Gasteiger charge is 2.22. The summed E-state index contributed by atoms with van der Waals surface area (Å²) in [4.78, 5) is 47.9. The number of carbonyl (C=O) groups is 4. The molecule has 0 N–H and O–H groups in total. The summed E-state index contributed by atoms with van der Waals surface area (Å²) in [6.45, 7) is 4.85. The van der Waals surface area contributed by atoms with Gasteiger partial charge < -0.3 is 0 Å². The third kappa shape index (κ3) is 3.35. The Balaban J connectivity index is 3.48. The van der Waals surface area contributed by atoms with E-state index in [0.29, 0.717) is 0 Å². The Morgan fingerprint density at radius 3 is 1.68 bits per heavy atom. The van der Waals surface area contributed by atoms with E-state index >= 15 is 0 Å². The van der Waals surface area contributed by atoms with Gasteiger partial charge in [0.15, 0.2) is 0 Å². The Morgan fingerprint density at radius 2 is 1.32 bits per heavy atom. The molecule has 1 rings (SSSR count). The van der Waals surface area contributed by atoms with Gasteiger partial charge in [0.1, 0.15) is 6.07 Å². The molecule has 0 radical (unpaired) electrons. The van der Waals surface area contributed by atoms with Crippen LogP contribution in [0.5, 0.6) is 0 Å². The molecule has 0 aliphatic rings. The fraction of sp³-hybridized carbons (Fsp3) is 0.267. The fourth-order valence-corrected chi connectivity index (χ4v) is 2.09. The lowest BCUT2D eigenvalue weighted by Crippen LogP contribution is -2.35. The van der Waals surface area contributed by atoms with Gasteiger partial charge in [-0.25, -0.2) is 4.90 Å². The first-order valence-corrected chi connectivity index (χ1v) is 6.37. The maximum absolute atomic E-state index is 11.6. The van der Waals surface area contributed by atoms with E-state index in [0.717, 1.165) is 9.80 Å². The molecule has 0 aliphatic heterocycles. The summed E-state index contributed by atoms with van der Waals surface area (Å²) in [5, 5.41) is 9.23. The molecule has 1 aromatic rings. The molecular weight excluding hydrogens is 286 g/mol. The van der Waals surface area contributed by atoms with E-state index in [4.69, 9.17) is 0 Å². The van der Waals surface area contributed by atoms with E-state index < -0.39 is 23.6 Å². The molecule has 0 bridgehead atoms. The summed E-state index contributed by atoms with van der Waals surface area (Å²) in [6.07, 6.45) is 0. The molecule has 0 aromatic heterocycles. The highest BCUT2D eigenvalue weighted by Crippen LogP contribution is 2.26. The summed E-state index contributed by atoms with van der Waals surface area (Å²) in [6, 6.07) is 5.91. The third-order valence-electron chi connectivity index (χ3n) is 2.86. The largest absolute Gasteiger partial charge is 0.274 e. The first-order chi connectivity index (χ1) is 10.2. The number of amides is 4. The highest BCUT2D eigenvalue weighted by atomic mass is 16.2. The molecule has 0 fully saturated rings. The maximum atomic E-state index is 11.6. The summed E-state index contributed by atoms with van der Waals surface area (Å²) < 4.78 is 0. The van der Waals surface area contributed by atoms with E-state index in [1.54, 1.807) is 0 Å². The number of hydrogen-bond acceptors (Lipinski definition) is 5. The van der Waals surface area contributed by atoms with Gasteiger partial charge in [0, 0.05) is 27.7 Å². The molecule has 1 aromatic carbocycles. The second-order valence-corrected chi connectivity index (χ2v) is 4.56. The van der Waals surface area contributed by atoms with Crippen LogP contribution in [0.4, 0.5) is 11.4 Å². The molecule has 0 aliphatic carbocycles. The van der Waals surface area contributed by atoms with Gasteiger partial charge in [0.05, 0.1) is 16.9 Å². The Labute approximate surface area is 127 Å². The smallest absolute Gasteiger partial charge is 0.230 e. The van der Waals surface area contributed by atoms with Crippen LogP contribution in [0.15, 0.2) is 18.2 Å². The molecule has 7 heteroatoms. The average molecular weight is 301 g/mol. The molecule has 0 saturated carbocycles. The van der Waals surface area contributed by atoms with E-state index in [2.05, 4.69) is 0 Å². The Morgan fingerprint density at radius 1 is 0.864 bits per heavy atom. The Bertz CT molecular complexity index is 675. The van der Waals surface area contributed by atoms with E-state index in [1.807, 2.05) is 6.07 Å². The zero-order valence-corrected chi connectivity index (χ0v) is 12.7. The van der Waals surface area contributed by atoms with Crippen molar-refractivity contribution < 1.29 is 19.2 Å². The Kier molecular flexibility index (Phi) is 5.13. The normalized spacial score (nSPS) is 9.59. The predicted molar refractivity (Wildman–Crippen MR) is 78.8 cm³/mol. The van der Waals surface area contributed by atoms with Crippen LogP contribution in [-0.4, -0.2) is 23.6 Å². The van der Waals surface area contributed by atoms with Crippen LogP contribution in [0.2, 0.25) is 0 Å². The highest BCUT2D eigenvalue weighted by molar-refractivity contribution is 6.15. The van der Waals surface area contributed by atoms with Gasteiger partial charge >= 0.3 is 0 Å². The van der Waals surface area contributed by atoms with Gasteiger partial charge in [-0.1, -0.05) is 0 Å². The number of carbonyl (C=O) groups excluding carboxylic acids is 4. The topological polar surface area (TPSA) is 98.6 Å². The molecule has 114 valence electrons. The van der Waals surface area contributed by atoms with Crippen molar-refractivity contribution in [2.75, 3.05) is 9.80 Å². The summed E-state index contributed by atoms with van der Waals surface area (Å²) in [5.41, 5.74) is 0.320. The summed E-state index contributed by atoms with van der Waals surface area (Å²) in [7, 11) is 0.